The summed E-state index contributed by atoms with van der Waals surface area (Å²) in [6.07, 6.45) is 3.90. The molecule has 0 saturated carbocycles. The molecule has 152 valence electrons. The summed E-state index contributed by atoms with van der Waals surface area (Å²) in [6, 6.07) is 11.9. The number of amides is 1. The predicted octanol–water partition coefficient (Wildman–Crippen LogP) is 4.88. The number of carbonyl (C=O) groups excluding carboxylic acids is 1. The summed E-state index contributed by atoms with van der Waals surface area (Å²) in [5, 5.41) is 3.29. The Balaban J connectivity index is 1.50. The van der Waals surface area contributed by atoms with Gasteiger partial charge in [0.15, 0.2) is 5.13 Å². The fourth-order valence-electron chi connectivity index (χ4n) is 3.35. The molecule has 4 rings (SSSR count). The molecule has 1 aromatic heterocycles. The Labute approximate surface area is 182 Å². The van der Waals surface area contributed by atoms with Crippen molar-refractivity contribution in [1.29, 1.82) is 0 Å². The van der Waals surface area contributed by atoms with Crippen molar-refractivity contribution in [3.05, 3.63) is 52.5 Å². The standard InChI is InChI=1S/C20H20BrN3O3S2/c21-16-6-5-7-17-18(16)22-20(28-17)23-19(25)14-8-10-15(11-9-14)29(26,27)24-12-3-1-2-4-13-24/h5-11H,1-4,12-13H2,(H,22,23,25). The van der Waals surface area contributed by atoms with Crippen LogP contribution in [0.4, 0.5) is 5.13 Å². The number of sulfonamides is 1. The smallest absolute Gasteiger partial charge is 0.257 e. The topological polar surface area (TPSA) is 79.4 Å². The van der Waals surface area contributed by atoms with Crippen LogP contribution in [0.15, 0.2) is 51.8 Å². The lowest BCUT2D eigenvalue weighted by atomic mass is 10.2. The summed E-state index contributed by atoms with van der Waals surface area (Å²) in [5.41, 5.74) is 1.19. The summed E-state index contributed by atoms with van der Waals surface area (Å²) in [5.74, 6) is -0.320. The van der Waals surface area contributed by atoms with Crippen molar-refractivity contribution in [3.63, 3.8) is 0 Å². The first-order valence-corrected chi connectivity index (χ1v) is 12.5. The lowest BCUT2D eigenvalue weighted by Crippen LogP contribution is -2.31. The van der Waals surface area contributed by atoms with Gasteiger partial charge in [-0.2, -0.15) is 4.31 Å². The van der Waals surface area contributed by atoms with E-state index in [0.717, 1.165) is 40.4 Å². The molecule has 0 atom stereocenters. The third-order valence-electron chi connectivity index (χ3n) is 4.91. The quantitative estimate of drug-likeness (QED) is 0.561. The van der Waals surface area contributed by atoms with E-state index in [0.29, 0.717) is 23.8 Å². The zero-order chi connectivity index (χ0) is 20.4. The minimum absolute atomic E-state index is 0.222. The molecule has 0 aliphatic carbocycles. The second-order valence-corrected chi connectivity index (χ2v) is 10.7. The molecule has 0 radical (unpaired) electrons. The van der Waals surface area contributed by atoms with Crippen LogP contribution >= 0.6 is 27.3 Å². The zero-order valence-electron chi connectivity index (χ0n) is 15.6. The normalized spacial score (nSPS) is 15.9. The molecule has 0 bridgehead atoms. The maximum atomic E-state index is 12.9. The van der Waals surface area contributed by atoms with Crippen LogP contribution in [0.2, 0.25) is 0 Å². The van der Waals surface area contributed by atoms with Gasteiger partial charge < -0.3 is 0 Å². The third-order valence-corrected chi connectivity index (χ3v) is 8.40. The number of rotatable bonds is 4. The highest BCUT2D eigenvalue weighted by Gasteiger charge is 2.25. The number of benzene rings is 2. The number of aromatic nitrogens is 1. The average Bonchev–Trinajstić information content (AvgIpc) is 2.93. The Morgan fingerprint density at radius 1 is 1.03 bits per heavy atom. The highest BCUT2D eigenvalue weighted by atomic mass is 79.9. The highest BCUT2D eigenvalue weighted by molar-refractivity contribution is 9.10. The van der Waals surface area contributed by atoms with Crippen LogP contribution in [0, 0.1) is 0 Å². The molecule has 29 heavy (non-hydrogen) atoms. The number of thiazole rings is 1. The molecule has 1 aliphatic heterocycles. The van der Waals surface area contributed by atoms with Crippen LogP contribution in [0.3, 0.4) is 0 Å². The van der Waals surface area contributed by atoms with Crippen molar-refractivity contribution in [2.75, 3.05) is 18.4 Å². The summed E-state index contributed by atoms with van der Waals surface area (Å²) in [7, 11) is -3.52. The van der Waals surface area contributed by atoms with Gasteiger partial charge in [0.25, 0.3) is 5.91 Å². The van der Waals surface area contributed by atoms with Crippen molar-refractivity contribution in [3.8, 4) is 0 Å². The summed E-state index contributed by atoms with van der Waals surface area (Å²) >= 11 is 4.84. The van der Waals surface area contributed by atoms with E-state index >= 15 is 0 Å². The van der Waals surface area contributed by atoms with Gasteiger partial charge in [0, 0.05) is 23.1 Å². The van der Waals surface area contributed by atoms with Crippen LogP contribution < -0.4 is 5.32 Å². The lowest BCUT2D eigenvalue weighted by molar-refractivity contribution is 0.102. The van der Waals surface area contributed by atoms with Crippen molar-refractivity contribution < 1.29 is 13.2 Å². The average molecular weight is 494 g/mol. The molecule has 3 aromatic rings. The molecule has 6 nitrogen and oxygen atoms in total. The summed E-state index contributed by atoms with van der Waals surface area (Å²) in [4.78, 5) is 17.2. The molecular weight excluding hydrogens is 474 g/mol. The van der Waals surface area contributed by atoms with Gasteiger partial charge in [-0.3, -0.25) is 10.1 Å². The Morgan fingerprint density at radius 3 is 2.38 bits per heavy atom. The lowest BCUT2D eigenvalue weighted by Gasteiger charge is -2.20. The summed E-state index contributed by atoms with van der Waals surface area (Å²) < 4.78 is 29.1. The van der Waals surface area contributed by atoms with Crippen LogP contribution in [0.25, 0.3) is 10.2 Å². The fraction of sp³-hybridized carbons (Fsp3) is 0.300. The molecule has 9 heteroatoms. The van der Waals surface area contributed by atoms with Gasteiger partial charge in [0.1, 0.15) is 0 Å². The minimum Gasteiger partial charge on any atom is -0.298 e. The number of hydrogen-bond acceptors (Lipinski definition) is 5. The van der Waals surface area contributed by atoms with Crippen molar-refractivity contribution in [2.45, 2.75) is 30.6 Å². The number of para-hydroxylation sites is 1. The molecule has 0 unspecified atom stereocenters. The van der Waals surface area contributed by atoms with E-state index in [1.807, 2.05) is 18.2 Å². The van der Waals surface area contributed by atoms with Crippen LogP contribution in [-0.2, 0) is 10.0 Å². The minimum atomic E-state index is -3.52. The second-order valence-electron chi connectivity index (χ2n) is 6.90. The van der Waals surface area contributed by atoms with Crippen LogP contribution in [0.1, 0.15) is 36.0 Å². The monoisotopic (exact) mass is 493 g/mol. The molecule has 1 N–H and O–H groups in total. The molecule has 0 spiro atoms. The molecule has 2 heterocycles. The van der Waals surface area contributed by atoms with Crippen molar-refractivity contribution in [1.82, 2.24) is 9.29 Å². The molecule has 1 amide bonds. The van der Waals surface area contributed by atoms with Gasteiger partial charge in [-0.05, 0) is 65.2 Å². The van der Waals surface area contributed by atoms with E-state index in [9.17, 15) is 13.2 Å². The number of anilines is 1. The van der Waals surface area contributed by atoms with Crippen molar-refractivity contribution >= 4 is 58.5 Å². The Kier molecular flexibility index (Phi) is 6.00. The molecular formula is C20H20BrN3O3S2. The van der Waals surface area contributed by atoms with E-state index in [4.69, 9.17) is 0 Å². The SMILES string of the molecule is O=C(Nc1nc2c(Br)cccc2s1)c1ccc(S(=O)(=O)N2CCCCCC2)cc1. The third kappa shape index (κ3) is 4.37. The van der Waals surface area contributed by atoms with Gasteiger partial charge in [0.05, 0.1) is 15.1 Å². The number of nitrogens with zero attached hydrogens (tertiary/aromatic N) is 2. The number of nitrogens with one attached hydrogen (secondary N) is 1. The maximum absolute atomic E-state index is 12.9. The Bertz CT molecular complexity index is 1140. The van der Waals surface area contributed by atoms with E-state index < -0.39 is 10.0 Å². The van der Waals surface area contributed by atoms with Gasteiger partial charge >= 0.3 is 0 Å². The largest absolute Gasteiger partial charge is 0.298 e. The molecule has 1 saturated heterocycles. The maximum Gasteiger partial charge on any atom is 0.257 e. The van der Waals surface area contributed by atoms with Crippen LogP contribution in [0.5, 0.6) is 0 Å². The van der Waals surface area contributed by atoms with Gasteiger partial charge in [-0.1, -0.05) is 30.2 Å². The Morgan fingerprint density at radius 2 is 1.72 bits per heavy atom. The van der Waals surface area contributed by atoms with Gasteiger partial charge in [-0.25, -0.2) is 13.4 Å². The number of fused-ring (bicyclic) bond motifs is 1. The summed E-state index contributed by atoms with van der Waals surface area (Å²) in [6.45, 7) is 1.11. The van der Waals surface area contributed by atoms with E-state index in [1.165, 1.54) is 23.5 Å². The first-order valence-electron chi connectivity index (χ1n) is 9.42. The predicted molar refractivity (Wildman–Crippen MR) is 119 cm³/mol. The molecule has 1 aliphatic rings. The number of halogens is 1. The van der Waals surface area contributed by atoms with Crippen molar-refractivity contribution in [2.24, 2.45) is 0 Å². The molecule has 2 aromatic carbocycles. The fourth-order valence-corrected chi connectivity index (χ4v) is 6.34. The first-order chi connectivity index (χ1) is 13.9. The van der Waals surface area contributed by atoms with E-state index in [1.54, 1.807) is 16.4 Å². The molecule has 1 fully saturated rings. The van der Waals surface area contributed by atoms with Gasteiger partial charge in [-0.15, -0.1) is 0 Å². The first kappa shape index (κ1) is 20.5. The zero-order valence-corrected chi connectivity index (χ0v) is 18.8. The number of hydrogen-bond donors (Lipinski definition) is 1. The van der Waals surface area contributed by atoms with Crippen LogP contribution in [-0.4, -0.2) is 36.7 Å². The second kappa shape index (κ2) is 8.51. The van der Waals surface area contributed by atoms with E-state index in [2.05, 4.69) is 26.2 Å². The van der Waals surface area contributed by atoms with E-state index in [-0.39, 0.29) is 10.8 Å². The Hall–Kier alpha value is -1.81. The van der Waals surface area contributed by atoms with Gasteiger partial charge in [0.2, 0.25) is 10.0 Å². The number of carbonyl (C=O) groups is 1. The highest BCUT2D eigenvalue weighted by Crippen LogP contribution is 2.31.